The molecule has 0 fully saturated rings. The summed E-state index contributed by atoms with van der Waals surface area (Å²) in [6, 6.07) is 7.90. The van der Waals surface area contributed by atoms with Crippen molar-refractivity contribution in [3.05, 3.63) is 36.7 Å². The van der Waals surface area contributed by atoms with E-state index in [1.807, 2.05) is 31.2 Å². The predicted molar refractivity (Wildman–Crippen MR) is 68.2 cm³/mol. The largest absolute Gasteiger partial charge is 0.494 e. The molecule has 2 rings (SSSR count). The molecular formula is C13H15N3O. The van der Waals surface area contributed by atoms with Gasteiger partial charge in [-0.05, 0) is 24.6 Å². The molecule has 1 aromatic heterocycles. The Morgan fingerprint density at radius 3 is 2.24 bits per heavy atom. The van der Waals surface area contributed by atoms with Crippen molar-refractivity contribution in [2.45, 2.75) is 6.92 Å². The van der Waals surface area contributed by atoms with E-state index in [0.29, 0.717) is 12.6 Å². The Morgan fingerprint density at radius 1 is 1.06 bits per heavy atom. The van der Waals surface area contributed by atoms with Gasteiger partial charge < -0.3 is 10.1 Å². The number of nitrogens with one attached hydrogen (secondary N) is 1. The van der Waals surface area contributed by atoms with Crippen LogP contribution in [0.4, 0.5) is 5.95 Å². The first-order valence-corrected chi connectivity index (χ1v) is 5.56. The standard InChI is InChI=1S/C13H15N3O/c1-3-17-12-6-4-10(5-7-12)11-8-15-13(14-2)16-9-11/h4-9H,3H2,1-2H3,(H,14,15,16). The topological polar surface area (TPSA) is 47.0 Å². The molecule has 1 heterocycles. The first-order valence-electron chi connectivity index (χ1n) is 5.56. The van der Waals surface area contributed by atoms with Crippen molar-refractivity contribution >= 4 is 5.95 Å². The zero-order valence-electron chi connectivity index (χ0n) is 9.97. The SMILES string of the molecule is CCOc1ccc(-c2cnc(NC)nc2)cc1. The molecule has 0 atom stereocenters. The number of rotatable bonds is 4. The second-order valence-electron chi connectivity index (χ2n) is 3.50. The highest BCUT2D eigenvalue weighted by Crippen LogP contribution is 2.21. The summed E-state index contributed by atoms with van der Waals surface area (Å²) < 4.78 is 5.39. The Kier molecular flexibility index (Phi) is 3.55. The van der Waals surface area contributed by atoms with Gasteiger partial charge in [-0.3, -0.25) is 0 Å². The highest BCUT2D eigenvalue weighted by molar-refractivity contribution is 5.62. The van der Waals surface area contributed by atoms with Crippen molar-refractivity contribution < 1.29 is 4.74 Å². The van der Waals surface area contributed by atoms with E-state index >= 15 is 0 Å². The molecule has 2 aromatic rings. The lowest BCUT2D eigenvalue weighted by Gasteiger charge is -2.05. The summed E-state index contributed by atoms with van der Waals surface area (Å²) >= 11 is 0. The molecule has 0 saturated heterocycles. The molecule has 0 aliphatic rings. The monoisotopic (exact) mass is 229 g/mol. The summed E-state index contributed by atoms with van der Waals surface area (Å²) in [5, 5.41) is 2.89. The molecule has 88 valence electrons. The van der Waals surface area contributed by atoms with Crippen molar-refractivity contribution in [3.63, 3.8) is 0 Å². The molecule has 0 amide bonds. The van der Waals surface area contributed by atoms with Crippen LogP contribution in [0.5, 0.6) is 5.75 Å². The van der Waals surface area contributed by atoms with E-state index in [9.17, 15) is 0 Å². The van der Waals surface area contributed by atoms with Gasteiger partial charge in [0.05, 0.1) is 6.61 Å². The highest BCUT2D eigenvalue weighted by Gasteiger charge is 2.00. The minimum atomic E-state index is 0.625. The maximum atomic E-state index is 5.39. The quantitative estimate of drug-likeness (QED) is 0.875. The van der Waals surface area contributed by atoms with Crippen LogP contribution in [-0.2, 0) is 0 Å². The van der Waals surface area contributed by atoms with E-state index in [4.69, 9.17) is 4.74 Å². The summed E-state index contributed by atoms with van der Waals surface area (Å²) in [6.07, 6.45) is 3.60. The van der Waals surface area contributed by atoms with Crippen LogP contribution in [-0.4, -0.2) is 23.6 Å². The third-order valence-corrected chi connectivity index (χ3v) is 2.37. The van der Waals surface area contributed by atoms with Gasteiger partial charge in [0, 0.05) is 25.0 Å². The molecule has 0 unspecified atom stereocenters. The number of anilines is 1. The van der Waals surface area contributed by atoms with Crippen molar-refractivity contribution in [3.8, 4) is 16.9 Å². The number of hydrogen-bond acceptors (Lipinski definition) is 4. The summed E-state index contributed by atoms with van der Waals surface area (Å²) in [4.78, 5) is 8.36. The number of hydrogen-bond donors (Lipinski definition) is 1. The lowest BCUT2D eigenvalue weighted by atomic mass is 10.1. The van der Waals surface area contributed by atoms with E-state index < -0.39 is 0 Å². The van der Waals surface area contributed by atoms with Gasteiger partial charge in [0.1, 0.15) is 5.75 Å². The smallest absolute Gasteiger partial charge is 0.222 e. The molecule has 17 heavy (non-hydrogen) atoms. The first-order chi connectivity index (χ1) is 8.33. The lowest BCUT2D eigenvalue weighted by Crippen LogP contribution is -1.95. The first kappa shape index (κ1) is 11.4. The van der Waals surface area contributed by atoms with Crippen molar-refractivity contribution in [2.75, 3.05) is 19.0 Å². The summed E-state index contributed by atoms with van der Waals surface area (Å²) in [5.74, 6) is 1.50. The van der Waals surface area contributed by atoms with Crippen LogP contribution in [0.3, 0.4) is 0 Å². The van der Waals surface area contributed by atoms with Gasteiger partial charge in [-0.25, -0.2) is 9.97 Å². The second kappa shape index (κ2) is 5.30. The van der Waals surface area contributed by atoms with Gasteiger partial charge in [0.25, 0.3) is 0 Å². The van der Waals surface area contributed by atoms with Crippen LogP contribution in [0.1, 0.15) is 6.92 Å². The van der Waals surface area contributed by atoms with Crippen molar-refractivity contribution in [1.29, 1.82) is 0 Å². The maximum absolute atomic E-state index is 5.39. The molecule has 4 nitrogen and oxygen atoms in total. The molecule has 0 radical (unpaired) electrons. The van der Waals surface area contributed by atoms with Gasteiger partial charge in [-0.2, -0.15) is 0 Å². The van der Waals surface area contributed by atoms with Gasteiger partial charge in [0.2, 0.25) is 5.95 Å². The second-order valence-corrected chi connectivity index (χ2v) is 3.50. The van der Waals surface area contributed by atoms with Crippen LogP contribution in [0.2, 0.25) is 0 Å². The molecule has 1 N–H and O–H groups in total. The Balaban J connectivity index is 2.20. The number of benzene rings is 1. The van der Waals surface area contributed by atoms with E-state index in [1.165, 1.54) is 0 Å². The van der Waals surface area contributed by atoms with E-state index in [-0.39, 0.29) is 0 Å². The Morgan fingerprint density at radius 2 is 1.71 bits per heavy atom. The van der Waals surface area contributed by atoms with Crippen LogP contribution >= 0.6 is 0 Å². The average molecular weight is 229 g/mol. The molecular weight excluding hydrogens is 214 g/mol. The van der Waals surface area contributed by atoms with Crippen LogP contribution in [0, 0.1) is 0 Å². The molecule has 4 heteroatoms. The fourth-order valence-corrected chi connectivity index (χ4v) is 1.52. The van der Waals surface area contributed by atoms with E-state index in [2.05, 4.69) is 15.3 Å². The fourth-order valence-electron chi connectivity index (χ4n) is 1.52. The highest BCUT2D eigenvalue weighted by atomic mass is 16.5. The molecule has 1 aromatic carbocycles. The zero-order chi connectivity index (χ0) is 12.1. The Hall–Kier alpha value is -2.10. The van der Waals surface area contributed by atoms with Gasteiger partial charge in [0.15, 0.2) is 0 Å². The van der Waals surface area contributed by atoms with Gasteiger partial charge >= 0.3 is 0 Å². The minimum Gasteiger partial charge on any atom is -0.494 e. The zero-order valence-corrected chi connectivity index (χ0v) is 9.97. The molecule has 0 aliphatic carbocycles. The van der Waals surface area contributed by atoms with E-state index in [0.717, 1.165) is 16.9 Å². The molecule has 0 saturated carbocycles. The summed E-state index contributed by atoms with van der Waals surface area (Å²) in [5.41, 5.74) is 2.07. The Bertz CT molecular complexity index is 465. The molecule has 0 bridgehead atoms. The van der Waals surface area contributed by atoms with E-state index in [1.54, 1.807) is 19.4 Å². The molecule has 0 spiro atoms. The predicted octanol–water partition coefficient (Wildman–Crippen LogP) is 2.58. The average Bonchev–Trinajstić information content (AvgIpc) is 2.40. The lowest BCUT2D eigenvalue weighted by molar-refractivity contribution is 0.340. The van der Waals surface area contributed by atoms with Crippen LogP contribution < -0.4 is 10.1 Å². The normalized spacial score (nSPS) is 10.0. The van der Waals surface area contributed by atoms with Crippen molar-refractivity contribution in [2.24, 2.45) is 0 Å². The third-order valence-electron chi connectivity index (χ3n) is 2.37. The van der Waals surface area contributed by atoms with Gasteiger partial charge in [-0.1, -0.05) is 12.1 Å². The number of ether oxygens (including phenoxy) is 1. The minimum absolute atomic E-state index is 0.625. The maximum Gasteiger partial charge on any atom is 0.222 e. The van der Waals surface area contributed by atoms with Crippen molar-refractivity contribution in [1.82, 2.24) is 9.97 Å². The third kappa shape index (κ3) is 2.72. The summed E-state index contributed by atoms with van der Waals surface area (Å²) in [7, 11) is 1.80. The Labute approximate surface area is 101 Å². The number of aromatic nitrogens is 2. The van der Waals surface area contributed by atoms with Crippen LogP contribution in [0.15, 0.2) is 36.7 Å². The van der Waals surface area contributed by atoms with Gasteiger partial charge in [-0.15, -0.1) is 0 Å². The fraction of sp³-hybridized carbons (Fsp3) is 0.231. The van der Waals surface area contributed by atoms with Crippen LogP contribution in [0.25, 0.3) is 11.1 Å². The summed E-state index contributed by atoms with van der Waals surface area (Å²) in [6.45, 7) is 2.65. The number of nitrogens with zero attached hydrogens (tertiary/aromatic N) is 2. The molecule has 0 aliphatic heterocycles.